The number of carbonyl (C=O) groups excluding carboxylic acids is 1. The molecule has 94 valence electrons. The summed E-state index contributed by atoms with van der Waals surface area (Å²) in [5, 5.41) is 8.51. The number of aromatic nitrogens is 2. The number of fused-ring (bicyclic) bond motifs is 1. The molecular weight excluding hydrogens is 296 g/mol. The lowest BCUT2D eigenvalue weighted by Gasteiger charge is -2.03. The summed E-state index contributed by atoms with van der Waals surface area (Å²) >= 11 is 3.36. The van der Waals surface area contributed by atoms with Crippen LogP contribution in [0.15, 0.2) is 24.4 Å². The Balaban J connectivity index is 2.47. The van der Waals surface area contributed by atoms with E-state index >= 15 is 0 Å². The summed E-state index contributed by atoms with van der Waals surface area (Å²) < 4.78 is 4.78. The molecule has 0 aliphatic rings. The predicted octanol–water partition coefficient (Wildman–Crippen LogP) is 3.15. The highest BCUT2D eigenvalue weighted by Crippen LogP contribution is 2.21. The second kappa shape index (κ2) is 5.82. The van der Waals surface area contributed by atoms with E-state index in [0.717, 1.165) is 28.2 Å². The number of nitrogens with one attached hydrogen (secondary N) is 1. The van der Waals surface area contributed by atoms with E-state index < -0.39 is 0 Å². The zero-order valence-corrected chi connectivity index (χ0v) is 11.5. The molecule has 18 heavy (non-hydrogen) atoms. The monoisotopic (exact) mass is 308 g/mol. The zero-order chi connectivity index (χ0) is 13.0. The molecule has 0 atom stereocenters. The van der Waals surface area contributed by atoms with Crippen molar-refractivity contribution in [1.29, 1.82) is 0 Å². The SMILES string of the molecule is COC(=O)c1cc(C=CCCBr)cc2[nH]ncc12. The highest BCUT2D eigenvalue weighted by Gasteiger charge is 2.12. The molecule has 0 saturated heterocycles. The van der Waals surface area contributed by atoms with Gasteiger partial charge in [0.2, 0.25) is 0 Å². The van der Waals surface area contributed by atoms with Crippen LogP contribution in [0.4, 0.5) is 0 Å². The molecule has 0 bridgehead atoms. The Morgan fingerprint density at radius 1 is 1.56 bits per heavy atom. The van der Waals surface area contributed by atoms with Gasteiger partial charge in [-0.1, -0.05) is 28.1 Å². The first-order valence-electron chi connectivity index (χ1n) is 5.54. The first kappa shape index (κ1) is 12.8. The molecule has 0 aliphatic heterocycles. The highest BCUT2D eigenvalue weighted by molar-refractivity contribution is 9.09. The van der Waals surface area contributed by atoms with E-state index in [1.807, 2.05) is 24.3 Å². The van der Waals surface area contributed by atoms with E-state index in [0.29, 0.717) is 5.56 Å². The summed E-state index contributed by atoms with van der Waals surface area (Å²) in [6.07, 6.45) is 6.60. The molecular formula is C13H13BrN2O2. The van der Waals surface area contributed by atoms with E-state index in [4.69, 9.17) is 4.74 Å². The summed E-state index contributed by atoms with van der Waals surface area (Å²) in [7, 11) is 1.38. The minimum absolute atomic E-state index is 0.350. The number of hydrogen-bond acceptors (Lipinski definition) is 3. The lowest BCUT2D eigenvalue weighted by molar-refractivity contribution is 0.0603. The smallest absolute Gasteiger partial charge is 0.338 e. The second-order valence-electron chi connectivity index (χ2n) is 3.77. The number of esters is 1. The van der Waals surface area contributed by atoms with Gasteiger partial charge < -0.3 is 4.74 Å². The van der Waals surface area contributed by atoms with Crippen LogP contribution in [0.25, 0.3) is 17.0 Å². The summed E-state index contributed by atoms with van der Waals surface area (Å²) in [4.78, 5) is 11.7. The molecule has 0 radical (unpaired) electrons. The number of hydrogen-bond donors (Lipinski definition) is 1. The van der Waals surface area contributed by atoms with Gasteiger partial charge in [0.05, 0.1) is 24.4 Å². The third-order valence-electron chi connectivity index (χ3n) is 2.57. The van der Waals surface area contributed by atoms with E-state index in [1.54, 1.807) is 6.20 Å². The Morgan fingerprint density at radius 2 is 2.39 bits per heavy atom. The number of rotatable bonds is 4. The van der Waals surface area contributed by atoms with Crippen molar-refractivity contribution in [2.24, 2.45) is 0 Å². The van der Waals surface area contributed by atoms with Gasteiger partial charge in [0.25, 0.3) is 0 Å². The molecule has 4 nitrogen and oxygen atoms in total. The van der Waals surface area contributed by atoms with Crippen LogP contribution in [0, 0.1) is 0 Å². The van der Waals surface area contributed by atoms with Gasteiger partial charge in [-0.3, -0.25) is 5.10 Å². The Labute approximate surface area is 113 Å². The minimum atomic E-state index is -0.350. The van der Waals surface area contributed by atoms with Gasteiger partial charge in [-0.25, -0.2) is 4.79 Å². The van der Waals surface area contributed by atoms with Crippen LogP contribution >= 0.6 is 15.9 Å². The van der Waals surface area contributed by atoms with Crippen LogP contribution in [-0.4, -0.2) is 28.6 Å². The molecule has 0 unspecified atom stereocenters. The molecule has 1 heterocycles. The molecule has 2 rings (SSSR count). The van der Waals surface area contributed by atoms with Crippen molar-refractivity contribution in [3.63, 3.8) is 0 Å². The largest absolute Gasteiger partial charge is 0.465 e. The first-order chi connectivity index (χ1) is 8.76. The zero-order valence-electron chi connectivity index (χ0n) is 9.94. The third kappa shape index (κ3) is 2.61. The number of H-pyrrole nitrogens is 1. The average Bonchev–Trinajstić information content (AvgIpc) is 2.85. The van der Waals surface area contributed by atoms with E-state index in [-0.39, 0.29) is 5.97 Å². The topological polar surface area (TPSA) is 55.0 Å². The first-order valence-corrected chi connectivity index (χ1v) is 6.66. The Hall–Kier alpha value is -1.62. The highest BCUT2D eigenvalue weighted by atomic mass is 79.9. The minimum Gasteiger partial charge on any atom is -0.465 e. The van der Waals surface area contributed by atoms with Crippen molar-refractivity contribution in [1.82, 2.24) is 10.2 Å². The number of alkyl halides is 1. The molecule has 1 aromatic heterocycles. The summed E-state index contributed by atoms with van der Waals surface area (Å²) in [5.74, 6) is -0.350. The number of ether oxygens (including phenoxy) is 1. The molecule has 0 saturated carbocycles. The summed E-state index contributed by atoms with van der Waals surface area (Å²) in [6.45, 7) is 0. The van der Waals surface area contributed by atoms with Crippen LogP contribution in [-0.2, 0) is 4.74 Å². The van der Waals surface area contributed by atoms with Crippen molar-refractivity contribution in [2.45, 2.75) is 6.42 Å². The summed E-state index contributed by atoms with van der Waals surface area (Å²) in [5.41, 5.74) is 2.31. The number of carbonyl (C=O) groups is 1. The fraction of sp³-hybridized carbons (Fsp3) is 0.231. The lowest BCUT2D eigenvalue weighted by Crippen LogP contribution is -2.02. The number of benzene rings is 1. The van der Waals surface area contributed by atoms with Crippen LogP contribution in [0.2, 0.25) is 0 Å². The quantitative estimate of drug-likeness (QED) is 0.697. The molecule has 0 amide bonds. The van der Waals surface area contributed by atoms with Gasteiger partial charge in [-0.15, -0.1) is 0 Å². The summed E-state index contributed by atoms with van der Waals surface area (Å²) in [6, 6.07) is 3.77. The van der Waals surface area contributed by atoms with Crippen molar-refractivity contribution in [3.8, 4) is 0 Å². The van der Waals surface area contributed by atoms with Gasteiger partial charge in [-0.2, -0.15) is 5.10 Å². The Kier molecular flexibility index (Phi) is 4.15. The standard InChI is InChI=1S/C13H13BrN2O2/c1-18-13(17)10-6-9(4-2-3-5-14)7-12-11(10)8-15-16-12/h2,4,6-8H,3,5H2,1H3,(H,15,16). The fourth-order valence-corrected chi connectivity index (χ4v) is 2.00. The van der Waals surface area contributed by atoms with Gasteiger partial charge in [0.15, 0.2) is 0 Å². The fourth-order valence-electron chi connectivity index (χ4n) is 1.73. The predicted molar refractivity (Wildman–Crippen MR) is 74.9 cm³/mol. The second-order valence-corrected chi connectivity index (χ2v) is 4.56. The normalized spacial score (nSPS) is 11.2. The molecule has 1 N–H and O–H groups in total. The number of nitrogens with zero attached hydrogens (tertiary/aromatic N) is 1. The number of aromatic amines is 1. The molecule has 0 fully saturated rings. The number of halogens is 1. The van der Waals surface area contributed by atoms with E-state index in [2.05, 4.69) is 26.1 Å². The van der Waals surface area contributed by atoms with Gasteiger partial charge in [0, 0.05) is 10.7 Å². The van der Waals surface area contributed by atoms with Gasteiger partial charge >= 0.3 is 5.97 Å². The van der Waals surface area contributed by atoms with Crippen molar-refractivity contribution >= 4 is 38.9 Å². The molecule has 0 spiro atoms. The van der Waals surface area contributed by atoms with E-state index in [9.17, 15) is 4.79 Å². The third-order valence-corrected chi connectivity index (χ3v) is 3.03. The average molecular weight is 309 g/mol. The Bertz CT molecular complexity index is 590. The Morgan fingerprint density at radius 3 is 3.11 bits per heavy atom. The van der Waals surface area contributed by atoms with Crippen LogP contribution < -0.4 is 0 Å². The van der Waals surface area contributed by atoms with Crippen LogP contribution in [0.5, 0.6) is 0 Å². The van der Waals surface area contributed by atoms with Gasteiger partial charge in [-0.05, 0) is 24.1 Å². The molecule has 0 aliphatic carbocycles. The van der Waals surface area contributed by atoms with Crippen molar-refractivity contribution < 1.29 is 9.53 Å². The molecule has 5 heteroatoms. The number of allylic oxidation sites excluding steroid dienone is 1. The van der Waals surface area contributed by atoms with Crippen molar-refractivity contribution in [3.05, 3.63) is 35.5 Å². The molecule has 1 aromatic carbocycles. The van der Waals surface area contributed by atoms with Crippen molar-refractivity contribution in [2.75, 3.05) is 12.4 Å². The molecule has 2 aromatic rings. The number of methoxy groups -OCH3 is 1. The lowest BCUT2D eigenvalue weighted by atomic mass is 10.1. The maximum atomic E-state index is 11.7. The van der Waals surface area contributed by atoms with Gasteiger partial charge in [0.1, 0.15) is 0 Å². The maximum Gasteiger partial charge on any atom is 0.338 e. The van der Waals surface area contributed by atoms with Crippen LogP contribution in [0.1, 0.15) is 22.3 Å². The van der Waals surface area contributed by atoms with Crippen LogP contribution in [0.3, 0.4) is 0 Å². The maximum absolute atomic E-state index is 11.7. The van der Waals surface area contributed by atoms with E-state index in [1.165, 1.54) is 7.11 Å².